The van der Waals surface area contributed by atoms with E-state index in [4.69, 9.17) is 4.74 Å². The maximum Gasteiger partial charge on any atom is 0.122 e. The van der Waals surface area contributed by atoms with E-state index in [1.807, 2.05) is 24.0 Å². The Labute approximate surface area is 126 Å². The molecule has 0 saturated heterocycles. The molecule has 112 valence electrons. The van der Waals surface area contributed by atoms with Crippen LogP contribution in [-0.2, 0) is 19.9 Å². The predicted octanol–water partition coefficient (Wildman–Crippen LogP) is 2.64. The molecule has 1 aliphatic carbocycles. The molecule has 1 aromatic carbocycles. The standard InChI is InChI=1S/C17H23N3O/c1-3-18-16-8-7-15-14(16)5-4-6-17(15)21-12-10-13-9-11-19-20(13)2/h4-6,9,11,16,18H,3,7-8,10,12H2,1-2H3. The Morgan fingerprint density at radius 1 is 1.38 bits per heavy atom. The molecule has 3 rings (SSSR count). The van der Waals surface area contributed by atoms with Gasteiger partial charge in [-0.15, -0.1) is 0 Å². The van der Waals surface area contributed by atoms with E-state index in [0.29, 0.717) is 12.6 Å². The summed E-state index contributed by atoms with van der Waals surface area (Å²) in [6, 6.07) is 8.96. The molecular weight excluding hydrogens is 262 g/mol. The SMILES string of the molecule is CCNC1CCc2c(OCCc3ccnn3C)cccc21. The number of ether oxygens (including phenoxy) is 1. The monoisotopic (exact) mass is 285 g/mol. The fourth-order valence-electron chi connectivity index (χ4n) is 3.13. The van der Waals surface area contributed by atoms with Gasteiger partial charge in [0.2, 0.25) is 0 Å². The van der Waals surface area contributed by atoms with Crippen LogP contribution in [-0.4, -0.2) is 22.9 Å². The number of hydrogen-bond donors (Lipinski definition) is 1. The van der Waals surface area contributed by atoms with Crippen LogP contribution in [0.5, 0.6) is 5.75 Å². The lowest BCUT2D eigenvalue weighted by Gasteiger charge is -2.14. The smallest absolute Gasteiger partial charge is 0.122 e. The van der Waals surface area contributed by atoms with Crippen molar-refractivity contribution in [1.29, 1.82) is 0 Å². The molecule has 1 aromatic heterocycles. The average molecular weight is 285 g/mol. The molecule has 1 aliphatic rings. The highest BCUT2D eigenvalue weighted by atomic mass is 16.5. The summed E-state index contributed by atoms with van der Waals surface area (Å²) in [5.41, 5.74) is 4.00. The molecule has 0 saturated carbocycles. The summed E-state index contributed by atoms with van der Waals surface area (Å²) in [5.74, 6) is 1.05. The van der Waals surface area contributed by atoms with Crippen LogP contribution in [0.1, 0.15) is 36.2 Å². The Morgan fingerprint density at radius 3 is 3.05 bits per heavy atom. The van der Waals surface area contributed by atoms with Crippen molar-refractivity contribution >= 4 is 0 Å². The molecule has 4 nitrogen and oxygen atoms in total. The Balaban J connectivity index is 1.66. The second-order valence-electron chi connectivity index (χ2n) is 5.52. The molecule has 0 aliphatic heterocycles. The molecule has 1 heterocycles. The quantitative estimate of drug-likeness (QED) is 0.887. The first kappa shape index (κ1) is 14.1. The topological polar surface area (TPSA) is 39.1 Å². The minimum Gasteiger partial charge on any atom is -0.493 e. The van der Waals surface area contributed by atoms with Crippen LogP contribution in [0.3, 0.4) is 0 Å². The first-order chi connectivity index (χ1) is 10.3. The summed E-state index contributed by atoms with van der Waals surface area (Å²) in [6.07, 6.45) is 4.99. The number of aromatic nitrogens is 2. The molecule has 1 N–H and O–H groups in total. The number of benzene rings is 1. The highest BCUT2D eigenvalue weighted by Crippen LogP contribution is 2.36. The molecular formula is C17H23N3O. The lowest BCUT2D eigenvalue weighted by Crippen LogP contribution is -2.18. The predicted molar refractivity (Wildman–Crippen MR) is 83.6 cm³/mol. The minimum atomic E-state index is 0.491. The minimum absolute atomic E-state index is 0.491. The van der Waals surface area contributed by atoms with Crippen LogP contribution in [0, 0.1) is 0 Å². The fraction of sp³-hybridized carbons (Fsp3) is 0.471. The summed E-state index contributed by atoms with van der Waals surface area (Å²) in [6.45, 7) is 3.86. The van der Waals surface area contributed by atoms with E-state index in [2.05, 4.69) is 35.5 Å². The van der Waals surface area contributed by atoms with Crippen LogP contribution >= 0.6 is 0 Å². The van der Waals surface area contributed by atoms with Crippen molar-refractivity contribution in [1.82, 2.24) is 15.1 Å². The van der Waals surface area contributed by atoms with Crippen LogP contribution in [0.4, 0.5) is 0 Å². The molecule has 0 spiro atoms. The van der Waals surface area contributed by atoms with Gasteiger partial charge in [0.15, 0.2) is 0 Å². The van der Waals surface area contributed by atoms with E-state index >= 15 is 0 Å². The Bertz CT molecular complexity index is 606. The van der Waals surface area contributed by atoms with Gasteiger partial charge in [-0.05, 0) is 42.6 Å². The number of fused-ring (bicyclic) bond motifs is 1. The van der Waals surface area contributed by atoms with Gasteiger partial charge in [-0.2, -0.15) is 5.10 Å². The van der Waals surface area contributed by atoms with E-state index in [-0.39, 0.29) is 0 Å². The van der Waals surface area contributed by atoms with E-state index < -0.39 is 0 Å². The van der Waals surface area contributed by atoms with E-state index in [9.17, 15) is 0 Å². The van der Waals surface area contributed by atoms with Gasteiger partial charge in [0, 0.05) is 31.4 Å². The van der Waals surface area contributed by atoms with Crippen molar-refractivity contribution in [2.45, 2.75) is 32.2 Å². The van der Waals surface area contributed by atoms with Crippen molar-refractivity contribution in [3.63, 3.8) is 0 Å². The lowest BCUT2D eigenvalue weighted by molar-refractivity contribution is 0.315. The summed E-state index contributed by atoms with van der Waals surface area (Å²) >= 11 is 0. The van der Waals surface area contributed by atoms with Gasteiger partial charge < -0.3 is 10.1 Å². The normalized spacial score (nSPS) is 17.0. The maximum absolute atomic E-state index is 6.03. The first-order valence-corrected chi connectivity index (χ1v) is 7.74. The number of hydrogen-bond acceptors (Lipinski definition) is 3. The average Bonchev–Trinajstić information content (AvgIpc) is 3.08. The summed E-state index contributed by atoms with van der Waals surface area (Å²) < 4.78 is 7.94. The molecule has 0 amide bonds. The number of nitrogens with one attached hydrogen (secondary N) is 1. The van der Waals surface area contributed by atoms with Crippen molar-refractivity contribution in [3.05, 3.63) is 47.3 Å². The van der Waals surface area contributed by atoms with Crippen molar-refractivity contribution in [2.75, 3.05) is 13.2 Å². The number of aryl methyl sites for hydroxylation is 1. The maximum atomic E-state index is 6.03. The first-order valence-electron chi connectivity index (χ1n) is 7.74. The van der Waals surface area contributed by atoms with Crippen LogP contribution in [0.25, 0.3) is 0 Å². The molecule has 4 heteroatoms. The van der Waals surface area contributed by atoms with Gasteiger partial charge in [0.1, 0.15) is 5.75 Å². The molecule has 21 heavy (non-hydrogen) atoms. The molecule has 0 fully saturated rings. The lowest BCUT2D eigenvalue weighted by atomic mass is 10.1. The van der Waals surface area contributed by atoms with Gasteiger partial charge in [-0.1, -0.05) is 19.1 Å². The van der Waals surface area contributed by atoms with Gasteiger partial charge in [0.25, 0.3) is 0 Å². The summed E-state index contributed by atoms with van der Waals surface area (Å²) in [7, 11) is 1.97. The van der Waals surface area contributed by atoms with Crippen LogP contribution in [0.15, 0.2) is 30.5 Å². The van der Waals surface area contributed by atoms with Crippen LogP contribution in [0.2, 0.25) is 0 Å². The van der Waals surface area contributed by atoms with Crippen molar-refractivity contribution < 1.29 is 4.74 Å². The van der Waals surface area contributed by atoms with Crippen molar-refractivity contribution in [3.8, 4) is 5.75 Å². The van der Waals surface area contributed by atoms with Gasteiger partial charge in [-0.3, -0.25) is 4.68 Å². The zero-order valence-electron chi connectivity index (χ0n) is 12.8. The third-order valence-electron chi connectivity index (χ3n) is 4.22. The number of nitrogens with zero attached hydrogens (tertiary/aromatic N) is 2. The molecule has 2 aromatic rings. The van der Waals surface area contributed by atoms with E-state index in [1.54, 1.807) is 0 Å². The zero-order valence-corrected chi connectivity index (χ0v) is 12.8. The van der Waals surface area contributed by atoms with Gasteiger partial charge in [-0.25, -0.2) is 0 Å². The zero-order chi connectivity index (χ0) is 14.7. The van der Waals surface area contributed by atoms with E-state index in [1.165, 1.54) is 23.2 Å². The number of rotatable bonds is 6. The van der Waals surface area contributed by atoms with E-state index in [0.717, 1.165) is 25.1 Å². The second-order valence-corrected chi connectivity index (χ2v) is 5.52. The van der Waals surface area contributed by atoms with Crippen LogP contribution < -0.4 is 10.1 Å². The molecule has 0 radical (unpaired) electrons. The molecule has 1 atom stereocenters. The summed E-state index contributed by atoms with van der Waals surface area (Å²) in [4.78, 5) is 0. The Kier molecular flexibility index (Phi) is 4.25. The summed E-state index contributed by atoms with van der Waals surface area (Å²) in [5, 5.41) is 7.73. The third-order valence-corrected chi connectivity index (χ3v) is 4.22. The highest BCUT2D eigenvalue weighted by molar-refractivity contribution is 5.45. The molecule has 0 bridgehead atoms. The van der Waals surface area contributed by atoms with Gasteiger partial charge >= 0.3 is 0 Å². The Morgan fingerprint density at radius 2 is 2.29 bits per heavy atom. The Hall–Kier alpha value is -1.81. The largest absolute Gasteiger partial charge is 0.493 e. The van der Waals surface area contributed by atoms with Crippen molar-refractivity contribution in [2.24, 2.45) is 7.05 Å². The highest BCUT2D eigenvalue weighted by Gasteiger charge is 2.24. The van der Waals surface area contributed by atoms with Gasteiger partial charge in [0.05, 0.1) is 6.61 Å². The fourth-order valence-corrected chi connectivity index (χ4v) is 3.13. The third kappa shape index (κ3) is 2.95. The second kappa shape index (κ2) is 6.31. The molecule has 1 unspecified atom stereocenters.